The minimum Gasteiger partial charge on any atom is -0.494 e. The average Bonchev–Trinajstić information content (AvgIpc) is 2.34. The molecule has 0 heterocycles. The van der Waals surface area contributed by atoms with Crippen LogP contribution in [0.1, 0.15) is 12.0 Å². The Kier molecular flexibility index (Phi) is 5.15. The van der Waals surface area contributed by atoms with Gasteiger partial charge in [-0.3, -0.25) is 0 Å². The second-order valence-electron chi connectivity index (χ2n) is 3.20. The first-order valence-corrected chi connectivity index (χ1v) is 4.97. The molecule has 0 saturated carbocycles. The van der Waals surface area contributed by atoms with Crippen LogP contribution in [-0.2, 0) is 4.74 Å². The number of benzene rings is 1. The van der Waals surface area contributed by atoms with Gasteiger partial charge in [0.25, 0.3) is 0 Å². The summed E-state index contributed by atoms with van der Waals surface area (Å²) in [6.45, 7) is 1.29. The number of ether oxygens (including phenoxy) is 2. The number of hydrogen-bond acceptors (Lipinski definition) is 4. The lowest BCUT2D eigenvalue weighted by molar-refractivity contribution is 0.172. The average molecular weight is 224 g/mol. The van der Waals surface area contributed by atoms with Crippen LogP contribution in [0.5, 0.6) is 5.75 Å². The van der Waals surface area contributed by atoms with E-state index >= 15 is 0 Å². The van der Waals surface area contributed by atoms with E-state index < -0.39 is 0 Å². The first-order valence-electron chi connectivity index (χ1n) is 4.97. The van der Waals surface area contributed by atoms with Crippen LogP contribution < -0.4 is 10.5 Å². The minimum atomic E-state index is 0.0888. The fourth-order valence-corrected chi connectivity index (χ4v) is 1.17. The molecule has 0 spiro atoms. The van der Waals surface area contributed by atoms with Crippen LogP contribution >= 0.6 is 0 Å². The van der Waals surface area contributed by atoms with Gasteiger partial charge in [0.05, 0.1) is 6.61 Å². The van der Waals surface area contributed by atoms with E-state index in [1.54, 1.807) is 31.4 Å². The molecule has 3 N–H and O–H groups in total. The maximum atomic E-state index is 8.48. The van der Waals surface area contributed by atoms with Crippen molar-refractivity contribution in [3.63, 3.8) is 0 Å². The van der Waals surface area contributed by atoms with Gasteiger partial charge in [-0.15, -0.1) is 0 Å². The molecule has 0 bridgehead atoms. The first-order chi connectivity index (χ1) is 7.77. The topological polar surface area (TPSA) is 77.1 Å². The van der Waals surface area contributed by atoms with E-state index in [0.29, 0.717) is 18.8 Å². The number of methoxy groups -OCH3 is 1. The Bertz CT molecular complexity index is 336. The van der Waals surface area contributed by atoms with Crippen molar-refractivity contribution >= 4 is 5.84 Å². The van der Waals surface area contributed by atoms with Crippen LogP contribution in [0.15, 0.2) is 29.4 Å². The molecule has 0 unspecified atom stereocenters. The molecule has 0 fully saturated rings. The van der Waals surface area contributed by atoms with Crippen molar-refractivity contribution in [3.8, 4) is 5.75 Å². The van der Waals surface area contributed by atoms with E-state index in [4.69, 9.17) is 20.4 Å². The number of hydrogen-bond donors (Lipinski definition) is 2. The van der Waals surface area contributed by atoms with Crippen LogP contribution in [0, 0.1) is 0 Å². The Balaban J connectivity index is 2.45. The van der Waals surface area contributed by atoms with E-state index in [2.05, 4.69) is 5.16 Å². The molecule has 0 saturated heterocycles. The van der Waals surface area contributed by atoms with Gasteiger partial charge in [-0.2, -0.15) is 0 Å². The second-order valence-corrected chi connectivity index (χ2v) is 3.20. The lowest BCUT2D eigenvalue weighted by atomic mass is 10.2. The lowest BCUT2D eigenvalue weighted by Gasteiger charge is -2.06. The van der Waals surface area contributed by atoms with E-state index in [1.165, 1.54) is 0 Å². The second kappa shape index (κ2) is 6.68. The highest BCUT2D eigenvalue weighted by Crippen LogP contribution is 2.12. The molecule has 16 heavy (non-hydrogen) atoms. The minimum absolute atomic E-state index is 0.0888. The molecule has 1 aromatic rings. The Morgan fingerprint density at radius 2 is 2.00 bits per heavy atom. The predicted molar refractivity (Wildman–Crippen MR) is 60.9 cm³/mol. The van der Waals surface area contributed by atoms with Crippen LogP contribution in [-0.4, -0.2) is 31.4 Å². The number of nitrogens with zero attached hydrogens (tertiary/aromatic N) is 1. The van der Waals surface area contributed by atoms with Gasteiger partial charge in [-0.25, -0.2) is 0 Å². The smallest absolute Gasteiger partial charge is 0.170 e. The van der Waals surface area contributed by atoms with E-state index in [-0.39, 0.29) is 5.84 Å². The monoisotopic (exact) mass is 224 g/mol. The summed E-state index contributed by atoms with van der Waals surface area (Å²) in [6.07, 6.45) is 0.846. The van der Waals surface area contributed by atoms with Crippen molar-refractivity contribution in [2.45, 2.75) is 6.42 Å². The lowest BCUT2D eigenvalue weighted by Crippen LogP contribution is -2.12. The fourth-order valence-electron chi connectivity index (χ4n) is 1.17. The molecule has 0 aliphatic carbocycles. The molecule has 0 radical (unpaired) electrons. The summed E-state index contributed by atoms with van der Waals surface area (Å²) in [4.78, 5) is 0. The zero-order valence-electron chi connectivity index (χ0n) is 9.22. The zero-order chi connectivity index (χ0) is 11.8. The molecule has 1 aromatic carbocycles. The fraction of sp³-hybridized carbons (Fsp3) is 0.364. The van der Waals surface area contributed by atoms with Crippen molar-refractivity contribution in [2.24, 2.45) is 10.9 Å². The predicted octanol–water partition coefficient (Wildman–Crippen LogP) is 1.20. The number of oxime groups is 1. The third kappa shape index (κ3) is 3.78. The SMILES string of the molecule is COCCCOc1ccc(/C(N)=N/O)cc1. The molecule has 0 aliphatic heterocycles. The summed E-state index contributed by atoms with van der Waals surface area (Å²) in [7, 11) is 1.66. The molecule has 0 amide bonds. The summed E-state index contributed by atoms with van der Waals surface area (Å²) in [5.74, 6) is 0.844. The molecular formula is C11H16N2O3. The number of amidine groups is 1. The zero-order valence-corrected chi connectivity index (χ0v) is 9.22. The Hall–Kier alpha value is -1.75. The maximum absolute atomic E-state index is 8.48. The number of rotatable bonds is 6. The van der Waals surface area contributed by atoms with E-state index in [1.807, 2.05) is 0 Å². The van der Waals surface area contributed by atoms with Crippen LogP contribution in [0.4, 0.5) is 0 Å². The van der Waals surface area contributed by atoms with Crippen molar-refractivity contribution in [1.29, 1.82) is 0 Å². The molecule has 1 rings (SSSR count). The molecule has 88 valence electrons. The highest BCUT2D eigenvalue weighted by Gasteiger charge is 1.99. The van der Waals surface area contributed by atoms with Gasteiger partial charge in [0.2, 0.25) is 0 Å². The number of nitrogens with two attached hydrogens (primary N) is 1. The van der Waals surface area contributed by atoms with Crippen LogP contribution in [0.25, 0.3) is 0 Å². The molecule has 5 nitrogen and oxygen atoms in total. The van der Waals surface area contributed by atoms with Gasteiger partial charge < -0.3 is 20.4 Å². The third-order valence-electron chi connectivity index (χ3n) is 2.02. The quantitative estimate of drug-likeness (QED) is 0.250. The standard InChI is InChI=1S/C11H16N2O3/c1-15-7-2-8-16-10-5-3-9(4-6-10)11(12)13-14/h3-6,14H,2,7-8H2,1H3,(H2,12,13). The van der Waals surface area contributed by atoms with Gasteiger partial charge in [0.15, 0.2) is 5.84 Å². The molecule has 0 atom stereocenters. The summed E-state index contributed by atoms with van der Waals surface area (Å²) >= 11 is 0. The van der Waals surface area contributed by atoms with E-state index in [0.717, 1.165) is 12.2 Å². The largest absolute Gasteiger partial charge is 0.494 e. The first kappa shape index (κ1) is 12.3. The highest BCUT2D eigenvalue weighted by molar-refractivity contribution is 5.97. The Morgan fingerprint density at radius 1 is 1.31 bits per heavy atom. The molecular weight excluding hydrogens is 208 g/mol. The van der Waals surface area contributed by atoms with Gasteiger partial charge in [-0.1, -0.05) is 5.16 Å². The van der Waals surface area contributed by atoms with Crippen molar-refractivity contribution in [1.82, 2.24) is 0 Å². The third-order valence-corrected chi connectivity index (χ3v) is 2.02. The van der Waals surface area contributed by atoms with Crippen molar-refractivity contribution in [2.75, 3.05) is 20.3 Å². The van der Waals surface area contributed by atoms with Crippen molar-refractivity contribution in [3.05, 3.63) is 29.8 Å². The van der Waals surface area contributed by atoms with Gasteiger partial charge >= 0.3 is 0 Å². The van der Waals surface area contributed by atoms with E-state index in [9.17, 15) is 0 Å². The Labute approximate surface area is 94.5 Å². The highest BCUT2D eigenvalue weighted by atomic mass is 16.5. The van der Waals surface area contributed by atoms with Gasteiger partial charge in [-0.05, 0) is 24.3 Å². The molecule has 0 aliphatic rings. The Morgan fingerprint density at radius 3 is 2.56 bits per heavy atom. The maximum Gasteiger partial charge on any atom is 0.170 e. The van der Waals surface area contributed by atoms with Crippen LogP contribution in [0.2, 0.25) is 0 Å². The summed E-state index contributed by atoms with van der Waals surface area (Å²) < 4.78 is 10.4. The summed E-state index contributed by atoms with van der Waals surface area (Å²) in [6, 6.07) is 7.03. The van der Waals surface area contributed by atoms with Crippen molar-refractivity contribution < 1.29 is 14.7 Å². The van der Waals surface area contributed by atoms with Crippen LogP contribution in [0.3, 0.4) is 0 Å². The normalized spacial score (nSPS) is 11.4. The van der Waals surface area contributed by atoms with Gasteiger partial charge in [0, 0.05) is 25.7 Å². The van der Waals surface area contributed by atoms with Gasteiger partial charge in [0.1, 0.15) is 5.75 Å². The summed E-state index contributed by atoms with van der Waals surface area (Å²) in [5, 5.41) is 11.4. The molecule has 5 heteroatoms. The summed E-state index contributed by atoms with van der Waals surface area (Å²) in [5.41, 5.74) is 6.09. The molecule has 0 aromatic heterocycles.